The van der Waals surface area contributed by atoms with Crippen molar-refractivity contribution in [3.05, 3.63) is 155 Å². The number of anilines is 7. The summed E-state index contributed by atoms with van der Waals surface area (Å²) in [7, 11) is 0. The third kappa shape index (κ3) is 4.03. The van der Waals surface area contributed by atoms with Crippen molar-refractivity contribution in [1.82, 2.24) is 0 Å². The van der Waals surface area contributed by atoms with Gasteiger partial charge < -0.3 is 14.7 Å². The second-order valence-corrected chi connectivity index (χ2v) is 20.3. The average molecular weight is 756 g/mol. The summed E-state index contributed by atoms with van der Waals surface area (Å²) >= 11 is 0. The highest BCUT2D eigenvalue weighted by atomic mass is 15.3. The zero-order valence-corrected chi connectivity index (χ0v) is 35.3. The van der Waals surface area contributed by atoms with E-state index < -0.39 is 0 Å². The van der Waals surface area contributed by atoms with Gasteiger partial charge in [-0.05, 0) is 126 Å². The molecule has 3 nitrogen and oxygen atoms in total. The van der Waals surface area contributed by atoms with Gasteiger partial charge in [-0.3, -0.25) is 0 Å². The van der Waals surface area contributed by atoms with Gasteiger partial charge >= 0.3 is 0 Å². The van der Waals surface area contributed by atoms with Crippen LogP contribution in [0.1, 0.15) is 108 Å². The van der Waals surface area contributed by atoms with Crippen LogP contribution >= 0.6 is 0 Å². The maximum absolute atomic E-state index is 2.89. The van der Waals surface area contributed by atoms with Gasteiger partial charge in [0.2, 0.25) is 0 Å². The zero-order valence-electron chi connectivity index (χ0n) is 35.3. The van der Waals surface area contributed by atoms with Crippen LogP contribution in [0.3, 0.4) is 0 Å². The molecule has 6 aliphatic rings. The molecule has 0 saturated heterocycles. The molecule has 6 aromatic rings. The number of aryl methyl sites for hydroxylation is 1. The summed E-state index contributed by atoms with van der Waals surface area (Å²) in [5.74, 6) is 0. The molecule has 0 N–H and O–H groups in total. The minimum Gasteiger partial charge on any atom is -0.335 e. The Hall–Kier alpha value is -5.22. The van der Waals surface area contributed by atoms with Crippen LogP contribution in [-0.2, 0) is 28.2 Å². The lowest BCUT2D eigenvalue weighted by molar-refractivity contribution is 0.195. The lowest BCUT2D eigenvalue weighted by atomic mass is 9.33. The van der Waals surface area contributed by atoms with Crippen LogP contribution in [-0.4, -0.2) is 12.3 Å². The summed E-state index contributed by atoms with van der Waals surface area (Å²) in [6, 6.07) is 49.8. The average Bonchev–Trinajstić information content (AvgIpc) is 3.58. The van der Waals surface area contributed by atoms with Crippen LogP contribution in [0.15, 0.2) is 127 Å². The maximum atomic E-state index is 2.89. The van der Waals surface area contributed by atoms with Crippen molar-refractivity contribution in [2.24, 2.45) is 0 Å². The Morgan fingerprint density at radius 2 is 1.24 bits per heavy atom. The molecule has 58 heavy (non-hydrogen) atoms. The van der Waals surface area contributed by atoms with Gasteiger partial charge in [0, 0.05) is 50.6 Å². The van der Waals surface area contributed by atoms with E-state index in [1.54, 1.807) is 5.56 Å². The third-order valence-electron chi connectivity index (χ3n) is 16.8. The van der Waals surface area contributed by atoms with Gasteiger partial charge in [-0.25, -0.2) is 0 Å². The predicted molar refractivity (Wildman–Crippen MR) is 245 cm³/mol. The van der Waals surface area contributed by atoms with Crippen LogP contribution < -0.4 is 31.1 Å². The van der Waals surface area contributed by atoms with Crippen LogP contribution in [0.25, 0.3) is 0 Å². The first-order chi connectivity index (χ1) is 27.9. The van der Waals surface area contributed by atoms with Crippen molar-refractivity contribution < 1.29 is 0 Å². The fourth-order valence-corrected chi connectivity index (χ4v) is 13.4. The second-order valence-electron chi connectivity index (χ2n) is 20.3. The second kappa shape index (κ2) is 11.3. The summed E-state index contributed by atoms with van der Waals surface area (Å²) in [6.07, 6.45) is 7.16. The molecular weight excluding hydrogens is 701 g/mol. The maximum Gasteiger partial charge on any atom is 0.252 e. The van der Waals surface area contributed by atoms with E-state index in [1.165, 1.54) is 104 Å². The fourth-order valence-electron chi connectivity index (χ4n) is 13.4. The van der Waals surface area contributed by atoms with E-state index in [4.69, 9.17) is 0 Å². The highest BCUT2D eigenvalue weighted by molar-refractivity contribution is 7.00. The number of para-hydroxylation sites is 3. The number of rotatable bonds is 2. The summed E-state index contributed by atoms with van der Waals surface area (Å²) < 4.78 is 0. The number of nitrogens with zero attached hydrogens (tertiary/aromatic N) is 3. The SMILES string of the molecule is CC(C)(C)c1ccc2c(c1)C1(C)CCc3ccccc3C1(C)N2c1cc2c3c(c1)N1c4c(cccc4C4(C)CCCCC14C)B3c1ccccc1N2c1ccccc1. The first-order valence-electron chi connectivity index (χ1n) is 22.0. The predicted octanol–water partition coefficient (Wildman–Crippen LogP) is 11.6. The molecule has 1 fully saturated rings. The lowest BCUT2D eigenvalue weighted by Crippen LogP contribution is -2.64. The largest absolute Gasteiger partial charge is 0.335 e. The van der Waals surface area contributed by atoms with Crippen molar-refractivity contribution in [3.8, 4) is 0 Å². The van der Waals surface area contributed by atoms with Crippen LogP contribution in [0.4, 0.5) is 39.8 Å². The van der Waals surface area contributed by atoms with E-state index in [2.05, 4.69) is 191 Å². The quantitative estimate of drug-likeness (QED) is 0.163. The molecule has 1 saturated carbocycles. The summed E-state index contributed by atoms with van der Waals surface area (Å²) in [5.41, 5.74) is 20.7. The Morgan fingerprint density at radius 3 is 2.07 bits per heavy atom. The smallest absolute Gasteiger partial charge is 0.252 e. The summed E-state index contributed by atoms with van der Waals surface area (Å²) in [4.78, 5) is 8.29. The molecule has 0 aromatic heterocycles. The number of benzene rings is 6. The number of fused-ring (bicyclic) bond motifs is 12. The minimum absolute atomic E-state index is 0.0457. The molecule has 12 rings (SSSR count). The van der Waals surface area contributed by atoms with Crippen molar-refractivity contribution in [2.45, 2.75) is 114 Å². The normalized spacial score (nSPS) is 26.9. The van der Waals surface area contributed by atoms with Gasteiger partial charge in [0.05, 0.1) is 11.1 Å². The van der Waals surface area contributed by atoms with E-state index in [0.717, 1.165) is 12.8 Å². The highest BCUT2D eigenvalue weighted by Gasteiger charge is 2.63. The van der Waals surface area contributed by atoms with Gasteiger partial charge in [0.15, 0.2) is 0 Å². The molecule has 4 heterocycles. The molecule has 0 spiro atoms. The van der Waals surface area contributed by atoms with E-state index in [9.17, 15) is 0 Å². The van der Waals surface area contributed by atoms with Gasteiger partial charge in [0.1, 0.15) is 0 Å². The molecule has 4 aliphatic heterocycles. The molecule has 6 aromatic carbocycles. The topological polar surface area (TPSA) is 9.72 Å². The molecule has 4 atom stereocenters. The van der Waals surface area contributed by atoms with Gasteiger partial charge in [-0.1, -0.05) is 138 Å². The Bertz CT molecular complexity index is 2730. The first kappa shape index (κ1) is 34.8. The lowest BCUT2D eigenvalue weighted by Gasteiger charge is -2.54. The monoisotopic (exact) mass is 755 g/mol. The highest BCUT2D eigenvalue weighted by Crippen LogP contribution is 2.66. The van der Waals surface area contributed by atoms with Gasteiger partial charge in [-0.2, -0.15) is 0 Å². The third-order valence-corrected chi connectivity index (χ3v) is 16.8. The van der Waals surface area contributed by atoms with Crippen LogP contribution in [0.5, 0.6) is 0 Å². The Kier molecular flexibility index (Phi) is 6.77. The van der Waals surface area contributed by atoms with Gasteiger partial charge in [0.25, 0.3) is 6.71 Å². The van der Waals surface area contributed by atoms with Gasteiger partial charge in [-0.15, -0.1) is 0 Å². The number of hydrogen-bond donors (Lipinski definition) is 0. The molecule has 0 amide bonds. The molecule has 0 radical (unpaired) electrons. The van der Waals surface area contributed by atoms with Crippen LogP contribution in [0.2, 0.25) is 0 Å². The first-order valence-corrected chi connectivity index (χ1v) is 22.0. The summed E-state index contributed by atoms with van der Waals surface area (Å²) in [5, 5.41) is 0. The Morgan fingerprint density at radius 1 is 0.534 bits per heavy atom. The van der Waals surface area contributed by atoms with E-state index in [-0.39, 0.29) is 34.0 Å². The summed E-state index contributed by atoms with van der Waals surface area (Å²) in [6.45, 7) is 17.6. The van der Waals surface area contributed by atoms with E-state index in [1.807, 2.05) is 0 Å². The molecular formula is C54H54BN3. The number of hydrogen-bond acceptors (Lipinski definition) is 3. The van der Waals surface area contributed by atoms with Crippen molar-refractivity contribution >= 4 is 62.9 Å². The van der Waals surface area contributed by atoms with Crippen molar-refractivity contribution in [3.63, 3.8) is 0 Å². The Balaban J connectivity index is 1.21. The standard InChI is InChI=1S/C54H54BN3/c1-50(2,3)36-26-27-44-41(32-36)52(5)31-28-35-18-11-12-21-39(35)54(52,7)57(44)38-33-46-48-47(34-38)58-49-40(51(4)29-15-16-30-53(51,58)6)22-17-24-43(49)55(48)42-23-13-14-25-45(42)56(46)37-19-9-8-10-20-37/h8-14,17-27,32-34H,15-16,28-31H2,1-7H3. The van der Waals surface area contributed by atoms with Crippen molar-refractivity contribution in [1.29, 1.82) is 0 Å². The van der Waals surface area contributed by atoms with Crippen LogP contribution in [0, 0.1) is 0 Å². The molecule has 4 heteroatoms. The molecule has 288 valence electrons. The van der Waals surface area contributed by atoms with E-state index in [0.29, 0.717) is 0 Å². The van der Waals surface area contributed by atoms with Crippen molar-refractivity contribution in [2.75, 3.05) is 14.7 Å². The van der Waals surface area contributed by atoms with E-state index >= 15 is 0 Å². The Labute approximate surface area is 345 Å². The molecule has 4 unspecified atom stereocenters. The minimum atomic E-state index is -0.308. The fraction of sp³-hybridized carbons (Fsp3) is 0.333. The molecule has 2 aliphatic carbocycles. The molecule has 0 bridgehead atoms. The zero-order chi connectivity index (χ0) is 39.6.